The minimum atomic E-state index is -3.62. The Bertz CT molecular complexity index is 1310. The molecular formula is C19H18N8O2S3+. The molecule has 3 aromatic rings. The molecule has 1 aromatic carbocycles. The number of amidine groups is 1. The van der Waals surface area contributed by atoms with Gasteiger partial charge in [-0.25, -0.2) is 8.42 Å². The van der Waals surface area contributed by atoms with E-state index in [0.29, 0.717) is 12.2 Å². The Hall–Kier alpha value is -3.13. The molecule has 10 nitrogen and oxygen atoms in total. The SMILES string of the molecule is Cc1cc(NC2=CN(Sc3ccc(NS(=O)(=O)c4cncs4)cc3)CC3=NC=C[N+]23)n[nH]1. The number of aliphatic imine (C=N–C) groups is 1. The van der Waals surface area contributed by atoms with E-state index in [9.17, 15) is 8.42 Å². The lowest BCUT2D eigenvalue weighted by molar-refractivity contribution is 0.603. The Morgan fingerprint density at radius 1 is 1.28 bits per heavy atom. The second-order valence-electron chi connectivity index (χ2n) is 6.91. The molecule has 0 aliphatic carbocycles. The number of fused-ring (bicyclic) bond motifs is 1. The molecule has 0 atom stereocenters. The van der Waals surface area contributed by atoms with Crippen molar-refractivity contribution < 1.29 is 8.42 Å². The number of thiazole rings is 1. The monoisotopic (exact) mass is 486 g/mol. The van der Waals surface area contributed by atoms with Crippen LogP contribution in [0.1, 0.15) is 5.69 Å². The maximum atomic E-state index is 12.4. The Morgan fingerprint density at radius 2 is 2.12 bits per heavy atom. The molecule has 0 amide bonds. The number of benzene rings is 1. The van der Waals surface area contributed by atoms with Crippen LogP contribution in [0.3, 0.4) is 0 Å². The van der Waals surface area contributed by atoms with E-state index in [1.165, 1.54) is 23.7 Å². The van der Waals surface area contributed by atoms with Crippen LogP contribution in [-0.4, -0.2) is 40.3 Å². The van der Waals surface area contributed by atoms with Gasteiger partial charge in [-0.15, -0.1) is 11.3 Å². The van der Waals surface area contributed by atoms with Gasteiger partial charge in [-0.2, -0.15) is 10.1 Å². The van der Waals surface area contributed by atoms with E-state index < -0.39 is 10.0 Å². The van der Waals surface area contributed by atoms with Crippen LogP contribution in [0.25, 0.3) is 0 Å². The van der Waals surface area contributed by atoms with Crippen molar-refractivity contribution in [2.45, 2.75) is 16.0 Å². The summed E-state index contributed by atoms with van der Waals surface area (Å²) in [5, 5.41) is 10.5. The molecule has 2 aliphatic rings. The lowest BCUT2D eigenvalue weighted by Crippen LogP contribution is -2.42. The van der Waals surface area contributed by atoms with Gasteiger partial charge < -0.3 is 0 Å². The van der Waals surface area contributed by atoms with Crippen molar-refractivity contribution >= 4 is 50.6 Å². The highest BCUT2D eigenvalue weighted by Gasteiger charge is 2.37. The standard InChI is InChI=1S/C19H18N8O2S3/c1-13-8-16(24-23-13)22-18-11-26(10-17-21-6-7-27(17)18)31-15-4-2-14(3-5-15)25-32(28,29)19-9-20-12-30-19/h2-9,11-12,25H,10H2,1H3,(H2,22,23,24)/q+1. The van der Waals surface area contributed by atoms with Crippen LogP contribution in [0.5, 0.6) is 0 Å². The number of aromatic amines is 1. The average molecular weight is 487 g/mol. The second-order valence-corrected chi connectivity index (χ2v) is 10.8. The number of rotatable bonds is 7. The van der Waals surface area contributed by atoms with Crippen molar-refractivity contribution in [3.05, 3.63) is 72.2 Å². The van der Waals surface area contributed by atoms with Gasteiger partial charge in [0.15, 0.2) is 16.2 Å². The fourth-order valence-corrected chi connectivity index (χ4v) is 5.80. The van der Waals surface area contributed by atoms with Crippen LogP contribution in [0.15, 0.2) is 80.6 Å². The number of hydrogen-bond donors (Lipinski definition) is 3. The number of aryl methyl sites for hydroxylation is 1. The highest BCUT2D eigenvalue weighted by Crippen LogP contribution is 2.29. The normalized spacial score (nSPS) is 16.0. The van der Waals surface area contributed by atoms with E-state index in [4.69, 9.17) is 0 Å². The van der Waals surface area contributed by atoms with Gasteiger partial charge in [0, 0.05) is 22.3 Å². The number of nitrogens with one attached hydrogen (secondary N) is 3. The molecule has 0 saturated carbocycles. The number of anilines is 2. The van der Waals surface area contributed by atoms with Gasteiger partial charge in [0.1, 0.15) is 6.54 Å². The van der Waals surface area contributed by atoms with Crippen molar-refractivity contribution in [3.8, 4) is 0 Å². The number of nitrogens with zero attached hydrogens (tertiary/aromatic N) is 5. The molecule has 13 heteroatoms. The molecule has 3 N–H and O–H groups in total. The zero-order valence-electron chi connectivity index (χ0n) is 16.8. The maximum Gasteiger partial charge on any atom is 0.285 e. The van der Waals surface area contributed by atoms with Crippen LogP contribution in [-0.2, 0) is 10.0 Å². The third-order valence-electron chi connectivity index (χ3n) is 4.51. The summed E-state index contributed by atoms with van der Waals surface area (Å²) < 4.78 is 29.5. The number of H-pyrrole nitrogens is 1. The first-order chi connectivity index (χ1) is 15.5. The van der Waals surface area contributed by atoms with Gasteiger partial charge in [-0.1, -0.05) is 0 Å². The molecule has 0 bridgehead atoms. The zero-order valence-corrected chi connectivity index (χ0v) is 19.2. The lowest BCUT2D eigenvalue weighted by atomic mass is 10.3. The van der Waals surface area contributed by atoms with Crippen molar-refractivity contribution in [2.75, 3.05) is 16.6 Å². The molecule has 1 radical (unpaired) electrons. The summed E-state index contributed by atoms with van der Waals surface area (Å²) in [5.41, 5.74) is 2.94. The fraction of sp³-hybridized carbons (Fsp3) is 0.105. The summed E-state index contributed by atoms with van der Waals surface area (Å²) in [6.45, 7) is 2.56. The maximum absolute atomic E-state index is 12.4. The highest BCUT2D eigenvalue weighted by atomic mass is 32.2. The summed E-state index contributed by atoms with van der Waals surface area (Å²) in [4.78, 5) is 11.2. The molecule has 2 aromatic heterocycles. The third kappa shape index (κ3) is 4.41. The van der Waals surface area contributed by atoms with E-state index in [2.05, 4.69) is 34.5 Å². The first-order valence-corrected chi connectivity index (χ1v) is 12.6. The topological polar surface area (TPSA) is 121 Å². The average Bonchev–Trinajstić information content (AvgIpc) is 3.51. The van der Waals surface area contributed by atoms with Gasteiger partial charge in [0.2, 0.25) is 0 Å². The van der Waals surface area contributed by atoms with Crippen molar-refractivity contribution in [2.24, 2.45) is 4.99 Å². The molecule has 4 heterocycles. The molecule has 0 saturated heterocycles. The van der Waals surface area contributed by atoms with Crippen LogP contribution >= 0.6 is 23.3 Å². The lowest BCUT2D eigenvalue weighted by Gasteiger charge is -2.24. The van der Waals surface area contributed by atoms with Crippen LogP contribution in [0.4, 0.5) is 11.5 Å². The predicted octanol–water partition coefficient (Wildman–Crippen LogP) is 3.23. The molecule has 2 aliphatic heterocycles. The molecular weight excluding hydrogens is 468 g/mol. The van der Waals surface area contributed by atoms with E-state index in [1.54, 1.807) is 18.3 Å². The Balaban J connectivity index is 1.30. The summed E-state index contributed by atoms with van der Waals surface area (Å²) >= 11 is 2.60. The minimum Gasteiger partial charge on any atom is -0.300 e. The molecule has 0 fully saturated rings. The molecule has 163 valence electrons. The van der Waals surface area contributed by atoms with E-state index >= 15 is 0 Å². The van der Waals surface area contributed by atoms with Crippen LogP contribution < -0.4 is 14.9 Å². The van der Waals surface area contributed by atoms with Crippen LogP contribution in [0, 0.1) is 6.92 Å². The molecule has 0 spiro atoms. The first kappa shape index (κ1) is 20.8. The zero-order chi connectivity index (χ0) is 22.1. The Labute approximate surface area is 193 Å². The van der Waals surface area contributed by atoms with Crippen molar-refractivity contribution in [1.82, 2.24) is 24.4 Å². The summed E-state index contributed by atoms with van der Waals surface area (Å²) in [6, 6.07) is 9.14. The summed E-state index contributed by atoms with van der Waals surface area (Å²) in [7, 11) is -3.62. The smallest absolute Gasteiger partial charge is 0.285 e. The van der Waals surface area contributed by atoms with Gasteiger partial charge in [-0.3, -0.25) is 24.4 Å². The Morgan fingerprint density at radius 3 is 2.84 bits per heavy atom. The van der Waals surface area contributed by atoms with Gasteiger partial charge >= 0.3 is 0 Å². The van der Waals surface area contributed by atoms with Crippen molar-refractivity contribution in [1.29, 1.82) is 0 Å². The van der Waals surface area contributed by atoms with E-state index in [-0.39, 0.29) is 4.21 Å². The van der Waals surface area contributed by atoms with Crippen LogP contribution in [0.2, 0.25) is 0 Å². The number of aromatic nitrogens is 3. The highest BCUT2D eigenvalue weighted by molar-refractivity contribution is 7.97. The molecule has 0 unspecified atom stereocenters. The largest absolute Gasteiger partial charge is 0.300 e. The van der Waals surface area contributed by atoms with Gasteiger partial charge in [-0.05, 0) is 48.0 Å². The van der Waals surface area contributed by atoms with Gasteiger partial charge in [0.25, 0.3) is 21.7 Å². The molecule has 5 rings (SSSR count). The minimum absolute atomic E-state index is 0.178. The second kappa shape index (κ2) is 8.43. The third-order valence-corrected chi connectivity index (χ3v) is 8.11. The van der Waals surface area contributed by atoms with Crippen molar-refractivity contribution in [3.63, 3.8) is 0 Å². The van der Waals surface area contributed by atoms with Gasteiger partial charge in [0.05, 0.1) is 24.1 Å². The molecule has 32 heavy (non-hydrogen) atoms. The summed E-state index contributed by atoms with van der Waals surface area (Å²) in [5.74, 6) is 2.44. The number of sulfonamides is 1. The predicted molar refractivity (Wildman–Crippen MR) is 126 cm³/mol. The quantitative estimate of drug-likeness (QED) is 0.346. The first-order valence-electron chi connectivity index (χ1n) is 9.46. The van der Waals surface area contributed by atoms with E-state index in [1.807, 2.05) is 42.4 Å². The fourth-order valence-electron chi connectivity index (χ4n) is 3.08. The summed E-state index contributed by atoms with van der Waals surface area (Å²) in [6.07, 6.45) is 6.99. The Kier molecular flexibility index (Phi) is 5.46. The van der Waals surface area contributed by atoms with E-state index in [0.717, 1.165) is 39.4 Å². The number of hydrogen-bond acceptors (Lipinski definition) is 10.